The lowest BCUT2D eigenvalue weighted by atomic mass is 10.1. The molecule has 1 saturated heterocycles. The van der Waals surface area contributed by atoms with Gasteiger partial charge in [-0.2, -0.15) is 0 Å². The number of nitrogens with zero attached hydrogens (tertiary/aromatic N) is 1. The van der Waals surface area contributed by atoms with Gasteiger partial charge in [0.15, 0.2) is 0 Å². The first-order valence-corrected chi connectivity index (χ1v) is 8.01. The van der Waals surface area contributed by atoms with Crippen molar-refractivity contribution >= 4 is 11.8 Å². The highest BCUT2D eigenvalue weighted by atomic mass is 16.5. The van der Waals surface area contributed by atoms with Crippen LogP contribution in [0.25, 0.3) is 0 Å². The number of rotatable bonds is 9. The molecule has 2 N–H and O–H groups in total. The molecule has 0 aromatic heterocycles. The summed E-state index contributed by atoms with van der Waals surface area (Å²) in [4.78, 5) is 25.9. The predicted octanol–water partition coefficient (Wildman–Crippen LogP) is 0.169. The van der Waals surface area contributed by atoms with E-state index in [9.17, 15) is 9.59 Å². The van der Waals surface area contributed by atoms with Crippen molar-refractivity contribution in [2.24, 2.45) is 5.92 Å². The van der Waals surface area contributed by atoms with Gasteiger partial charge in [0.25, 0.3) is 0 Å². The van der Waals surface area contributed by atoms with E-state index in [2.05, 4.69) is 5.32 Å². The Morgan fingerprint density at radius 2 is 2.08 bits per heavy atom. The summed E-state index contributed by atoms with van der Waals surface area (Å²) in [5.74, 6) is 0.302. The van der Waals surface area contributed by atoms with Crippen LogP contribution in [0, 0.1) is 5.92 Å². The van der Waals surface area contributed by atoms with Gasteiger partial charge in [-0.1, -0.05) is 12.1 Å². The number of benzene rings is 1. The first-order valence-electron chi connectivity index (χ1n) is 8.01. The first-order chi connectivity index (χ1) is 11.6. The summed E-state index contributed by atoms with van der Waals surface area (Å²) in [5, 5.41) is 11.4. The molecular weight excluding hydrogens is 312 g/mol. The summed E-state index contributed by atoms with van der Waals surface area (Å²) in [6.07, 6.45) is 0.236. The van der Waals surface area contributed by atoms with Crippen LogP contribution in [0.3, 0.4) is 0 Å². The summed E-state index contributed by atoms with van der Waals surface area (Å²) in [7, 11) is 1.61. The number of carbonyl (C=O) groups excluding carboxylic acids is 2. The maximum absolute atomic E-state index is 12.1. The molecule has 7 heteroatoms. The van der Waals surface area contributed by atoms with Crippen molar-refractivity contribution in [3.8, 4) is 5.75 Å². The summed E-state index contributed by atoms with van der Waals surface area (Å²) < 4.78 is 10.2. The third kappa shape index (κ3) is 5.21. The van der Waals surface area contributed by atoms with E-state index in [1.807, 2.05) is 24.3 Å². The van der Waals surface area contributed by atoms with Gasteiger partial charge in [-0.25, -0.2) is 0 Å². The highest BCUT2D eigenvalue weighted by Crippen LogP contribution is 2.21. The molecule has 7 nitrogen and oxygen atoms in total. The van der Waals surface area contributed by atoms with Gasteiger partial charge in [-0.3, -0.25) is 9.59 Å². The lowest BCUT2D eigenvalue weighted by Gasteiger charge is -2.17. The Hall–Kier alpha value is -2.12. The van der Waals surface area contributed by atoms with Crippen molar-refractivity contribution in [1.82, 2.24) is 10.2 Å². The van der Waals surface area contributed by atoms with Crippen LogP contribution in [0.5, 0.6) is 5.75 Å². The molecule has 1 fully saturated rings. The van der Waals surface area contributed by atoms with E-state index in [0.29, 0.717) is 26.2 Å². The van der Waals surface area contributed by atoms with Crippen LogP contribution >= 0.6 is 0 Å². The van der Waals surface area contributed by atoms with Crippen molar-refractivity contribution in [3.63, 3.8) is 0 Å². The first kappa shape index (κ1) is 18.2. The van der Waals surface area contributed by atoms with Crippen LogP contribution in [-0.2, 0) is 20.9 Å². The zero-order valence-electron chi connectivity index (χ0n) is 13.9. The Morgan fingerprint density at radius 3 is 2.75 bits per heavy atom. The van der Waals surface area contributed by atoms with Crippen LogP contribution in [-0.4, -0.2) is 61.8 Å². The summed E-state index contributed by atoms with van der Waals surface area (Å²) in [6.45, 7) is 1.86. The fourth-order valence-corrected chi connectivity index (χ4v) is 2.61. The van der Waals surface area contributed by atoms with Crippen molar-refractivity contribution in [2.45, 2.75) is 13.0 Å². The molecule has 0 bridgehead atoms. The number of aliphatic hydroxyl groups is 1. The van der Waals surface area contributed by atoms with Crippen LogP contribution in [0.15, 0.2) is 24.3 Å². The number of aliphatic hydroxyl groups excluding tert-OH is 1. The van der Waals surface area contributed by atoms with Gasteiger partial charge in [-0.05, 0) is 17.7 Å². The molecule has 0 radical (unpaired) electrons. The number of hydrogen-bond acceptors (Lipinski definition) is 5. The molecule has 24 heavy (non-hydrogen) atoms. The number of likely N-dealkylation sites (tertiary alicyclic amines) is 1. The Kier molecular flexibility index (Phi) is 7.02. The van der Waals surface area contributed by atoms with Gasteiger partial charge in [-0.15, -0.1) is 0 Å². The minimum atomic E-state index is -0.325. The fourth-order valence-electron chi connectivity index (χ4n) is 2.61. The fraction of sp³-hybridized carbons (Fsp3) is 0.529. The van der Waals surface area contributed by atoms with Crippen LogP contribution < -0.4 is 10.1 Å². The van der Waals surface area contributed by atoms with Gasteiger partial charge in [0.2, 0.25) is 11.8 Å². The van der Waals surface area contributed by atoms with E-state index < -0.39 is 0 Å². The second kappa shape index (κ2) is 9.24. The van der Waals surface area contributed by atoms with Crippen LogP contribution in [0.1, 0.15) is 12.0 Å². The molecular formula is C17H24N2O5. The predicted molar refractivity (Wildman–Crippen MR) is 87.4 cm³/mol. The molecule has 0 saturated carbocycles. The molecule has 1 aliphatic heterocycles. The molecule has 2 amide bonds. The molecule has 1 unspecified atom stereocenters. The maximum Gasteiger partial charge on any atom is 0.225 e. The Labute approximate surface area is 141 Å². The third-order valence-electron chi connectivity index (χ3n) is 3.90. The Balaban J connectivity index is 1.78. The van der Waals surface area contributed by atoms with Crippen LogP contribution in [0.2, 0.25) is 0 Å². The zero-order chi connectivity index (χ0) is 17.4. The van der Waals surface area contributed by atoms with Gasteiger partial charge >= 0.3 is 0 Å². The van der Waals surface area contributed by atoms with Crippen molar-refractivity contribution < 1.29 is 24.2 Å². The molecule has 132 valence electrons. The van der Waals surface area contributed by atoms with Gasteiger partial charge in [0, 0.05) is 26.1 Å². The third-order valence-corrected chi connectivity index (χ3v) is 3.90. The number of nitrogens with one attached hydrogen (secondary N) is 1. The van der Waals surface area contributed by atoms with Crippen molar-refractivity contribution in [3.05, 3.63) is 29.8 Å². The molecule has 0 aliphatic carbocycles. The minimum Gasteiger partial charge on any atom is -0.497 e. The normalized spacial score (nSPS) is 17.2. The maximum atomic E-state index is 12.1. The highest BCUT2D eigenvalue weighted by molar-refractivity contribution is 5.89. The SMILES string of the molecule is COc1ccc(CN2CC(C(=O)NCCOCCO)CC2=O)cc1. The minimum absolute atomic E-state index is 0.0116. The molecule has 1 aromatic carbocycles. The summed E-state index contributed by atoms with van der Waals surface area (Å²) in [6, 6.07) is 7.54. The van der Waals surface area contributed by atoms with Crippen molar-refractivity contribution in [1.29, 1.82) is 0 Å². The van der Waals surface area contributed by atoms with E-state index in [1.54, 1.807) is 12.0 Å². The van der Waals surface area contributed by atoms with Crippen LogP contribution in [0.4, 0.5) is 0 Å². The van der Waals surface area contributed by atoms with E-state index in [1.165, 1.54) is 0 Å². The second-order valence-electron chi connectivity index (χ2n) is 5.65. The summed E-state index contributed by atoms with van der Waals surface area (Å²) >= 11 is 0. The number of carbonyl (C=O) groups is 2. The lowest BCUT2D eigenvalue weighted by Crippen LogP contribution is -2.34. The average Bonchev–Trinajstić information content (AvgIpc) is 2.96. The van der Waals surface area contributed by atoms with Gasteiger partial charge in [0.1, 0.15) is 5.75 Å². The Bertz CT molecular complexity index is 546. The number of ether oxygens (including phenoxy) is 2. The average molecular weight is 336 g/mol. The number of amides is 2. The second-order valence-corrected chi connectivity index (χ2v) is 5.65. The van der Waals surface area contributed by atoms with Crippen molar-refractivity contribution in [2.75, 3.05) is 40.0 Å². The standard InChI is InChI=1S/C17H24N2O5/c1-23-15-4-2-13(3-5-15)11-19-12-14(10-16(19)21)17(22)18-6-8-24-9-7-20/h2-5,14,20H,6-12H2,1H3,(H,18,22). The quantitative estimate of drug-likeness (QED) is 0.628. The van der Waals surface area contributed by atoms with E-state index in [-0.39, 0.29) is 37.4 Å². The number of methoxy groups -OCH3 is 1. The Morgan fingerprint density at radius 1 is 1.33 bits per heavy atom. The molecule has 1 atom stereocenters. The van der Waals surface area contributed by atoms with E-state index in [4.69, 9.17) is 14.6 Å². The molecule has 0 spiro atoms. The largest absolute Gasteiger partial charge is 0.497 e. The topological polar surface area (TPSA) is 88.1 Å². The zero-order valence-corrected chi connectivity index (χ0v) is 13.9. The molecule has 1 aromatic rings. The van der Waals surface area contributed by atoms with Gasteiger partial charge < -0.3 is 24.8 Å². The molecule has 1 heterocycles. The molecule has 1 aliphatic rings. The highest BCUT2D eigenvalue weighted by Gasteiger charge is 2.33. The van der Waals surface area contributed by atoms with Gasteiger partial charge in [0.05, 0.1) is 32.8 Å². The van der Waals surface area contributed by atoms with E-state index >= 15 is 0 Å². The monoisotopic (exact) mass is 336 g/mol. The molecule has 2 rings (SSSR count). The summed E-state index contributed by atoms with van der Waals surface area (Å²) in [5.41, 5.74) is 1.00. The number of hydrogen-bond donors (Lipinski definition) is 2. The lowest BCUT2D eigenvalue weighted by molar-refractivity contribution is -0.129. The van der Waals surface area contributed by atoms with E-state index in [0.717, 1.165) is 11.3 Å². The smallest absolute Gasteiger partial charge is 0.225 e.